The van der Waals surface area contributed by atoms with Crippen LogP contribution in [-0.2, 0) is 14.3 Å². The molecule has 2 fully saturated rings. The van der Waals surface area contributed by atoms with Gasteiger partial charge in [0, 0.05) is 12.1 Å². The Labute approximate surface area is 224 Å². The van der Waals surface area contributed by atoms with Crippen LogP contribution in [0.15, 0.2) is 54.6 Å². The smallest absolute Gasteiger partial charge is 0.490 e. The highest BCUT2D eigenvalue weighted by molar-refractivity contribution is 6.19. The molecular formula is C29H30F3NO6. The van der Waals surface area contributed by atoms with E-state index in [4.69, 9.17) is 14.2 Å². The van der Waals surface area contributed by atoms with Crippen molar-refractivity contribution in [1.82, 2.24) is 4.90 Å². The van der Waals surface area contributed by atoms with Gasteiger partial charge in [-0.05, 0) is 76.3 Å². The van der Waals surface area contributed by atoms with Crippen LogP contribution >= 0.6 is 0 Å². The number of carbonyl (C=O) groups is 2. The summed E-state index contributed by atoms with van der Waals surface area (Å²) in [6, 6.07) is 12.1. The van der Waals surface area contributed by atoms with E-state index in [9.17, 15) is 22.8 Å². The number of piperidine rings is 1. The lowest BCUT2D eigenvalue weighted by Crippen LogP contribution is -2.53. The van der Waals surface area contributed by atoms with Crippen molar-refractivity contribution in [2.75, 3.05) is 6.54 Å². The Kier molecular flexibility index (Phi) is 6.76. The van der Waals surface area contributed by atoms with Crippen LogP contribution in [0.3, 0.4) is 0 Å². The number of rotatable bonds is 5. The largest absolute Gasteiger partial charge is 0.573 e. The number of alkyl halides is 3. The van der Waals surface area contributed by atoms with E-state index in [0.29, 0.717) is 19.4 Å². The predicted molar refractivity (Wildman–Crippen MR) is 135 cm³/mol. The molecule has 2 aromatic rings. The maximum atomic E-state index is 13.4. The van der Waals surface area contributed by atoms with Gasteiger partial charge in [0.1, 0.15) is 23.1 Å². The molecule has 39 heavy (non-hydrogen) atoms. The van der Waals surface area contributed by atoms with E-state index in [1.54, 1.807) is 31.7 Å². The van der Waals surface area contributed by atoms with Crippen LogP contribution in [0, 0.1) is 0 Å². The highest BCUT2D eigenvalue weighted by Gasteiger charge is 2.54. The minimum atomic E-state index is -4.91. The molecule has 0 N–H and O–H groups in total. The Morgan fingerprint density at radius 2 is 1.79 bits per heavy atom. The number of hydrogen-bond donors (Lipinski definition) is 0. The van der Waals surface area contributed by atoms with Crippen LogP contribution in [0.4, 0.5) is 18.0 Å². The van der Waals surface area contributed by atoms with E-state index in [1.807, 2.05) is 30.3 Å². The van der Waals surface area contributed by atoms with Crippen LogP contribution in [0.5, 0.6) is 11.5 Å². The topological polar surface area (TPSA) is 74.3 Å². The fourth-order valence-corrected chi connectivity index (χ4v) is 5.06. The number of ether oxygens (including phenoxy) is 4. The second-order valence-corrected chi connectivity index (χ2v) is 11.0. The zero-order chi connectivity index (χ0) is 28.0. The number of esters is 1. The van der Waals surface area contributed by atoms with Gasteiger partial charge in [0.05, 0.1) is 11.7 Å². The fraction of sp³-hybridized carbons (Fsp3) is 0.448. The fourth-order valence-electron chi connectivity index (χ4n) is 5.06. The molecule has 2 heterocycles. The summed E-state index contributed by atoms with van der Waals surface area (Å²) in [6.07, 6.45) is -1.36. The average Bonchev–Trinajstić information content (AvgIpc) is 3.60. The third kappa shape index (κ3) is 5.99. The van der Waals surface area contributed by atoms with Gasteiger partial charge in [0.25, 0.3) is 0 Å². The molecule has 2 aliphatic heterocycles. The summed E-state index contributed by atoms with van der Waals surface area (Å²) in [4.78, 5) is 28.3. The molecule has 7 nitrogen and oxygen atoms in total. The van der Waals surface area contributed by atoms with Crippen molar-refractivity contribution in [1.29, 1.82) is 0 Å². The molecule has 1 spiro atoms. The van der Waals surface area contributed by atoms with E-state index in [2.05, 4.69) is 4.74 Å². The number of nitrogens with zero attached hydrogens (tertiary/aromatic N) is 1. The highest BCUT2D eigenvalue weighted by Crippen LogP contribution is 2.50. The molecular weight excluding hydrogens is 515 g/mol. The van der Waals surface area contributed by atoms with Gasteiger partial charge in [-0.25, -0.2) is 9.59 Å². The van der Waals surface area contributed by atoms with Crippen LogP contribution in [0.25, 0.3) is 5.57 Å². The van der Waals surface area contributed by atoms with Crippen molar-refractivity contribution in [3.05, 3.63) is 65.7 Å². The molecule has 0 unspecified atom stereocenters. The lowest BCUT2D eigenvalue weighted by Gasteiger charge is -2.46. The van der Waals surface area contributed by atoms with Gasteiger partial charge in [-0.3, -0.25) is 4.90 Å². The lowest BCUT2D eigenvalue weighted by molar-refractivity contribution is -0.274. The number of likely N-dealkylation sites (tertiary alicyclic amines) is 1. The monoisotopic (exact) mass is 545 g/mol. The number of carbonyl (C=O) groups excluding carboxylic acids is 2. The molecule has 0 radical (unpaired) electrons. The summed E-state index contributed by atoms with van der Waals surface area (Å²) in [6.45, 7) is 5.69. The zero-order valence-corrected chi connectivity index (χ0v) is 21.9. The van der Waals surface area contributed by atoms with Crippen molar-refractivity contribution in [3.8, 4) is 11.5 Å². The molecule has 208 valence electrons. The van der Waals surface area contributed by atoms with Crippen LogP contribution in [-0.4, -0.2) is 47.2 Å². The summed E-state index contributed by atoms with van der Waals surface area (Å²) >= 11 is 0. The van der Waals surface area contributed by atoms with Crippen LogP contribution < -0.4 is 9.47 Å². The van der Waals surface area contributed by atoms with E-state index in [0.717, 1.165) is 30.5 Å². The highest BCUT2D eigenvalue weighted by atomic mass is 19.4. The summed E-state index contributed by atoms with van der Waals surface area (Å²) < 4.78 is 60.8. The maximum Gasteiger partial charge on any atom is 0.573 e. The molecule has 0 bridgehead atoms. The minimum absolute atomic E-state index is 0.0604. The second-order valence-electron chi connectivity index (χ2n) is 11.0. The molecule has 1 saturated carbocycles. The summed E-state index contributed by atoms with van der Waals surface area (Å²) in [5, 5.41) is 0. The van der Waals surface area contributed by atoms with Gasteiger partial charge < -0.3 is 18.9 Å². The third-order valence-corrected chi connectivity index (χ3v) is 6.67. The SMILES string of the molecule is CC(C)(C)OC(=O)N1CCC[C@@]2(C=C(c3cc(OC(F)(F)F)ccc3OC3CC3)C(=O)O2)[C@@H]1c1ccccc1. The minimum Gasteiger partial charge on any atom is -0.490 e. The zero-order valence-electron chi connectivity index (χ0n) is 21.9. The molecule has 3 aliphatic rings. The Morgan fingerprint density at radius 3 is 2.44 bits per heavy atom. The summed E-state index contributed by atoms with van der Waals surface area (Å²) in [5.74, 6) is -0.927. The van der Waals surface area contributed by atoms with Gasteiger partial charge in [0.15, 0.2) is 5.60 Å². The molecule has 5 rings (SSSR count). The predicted octanol–water partition coefficient (Wildman–Crippen LogP) is 6.58. The van der Waals surface area contributed by atoms with Crippen LogP contribution in [0.1, 0.15) is 63.6 Å². The quantitative estimate of drug-likeness (QED) is 0.396. The summed E-state index contributed by atoms with van der Waals surface area (Å²) in [5.41, 5.74) is -1.07. The van der Waals surface area contributed by atoms with Gasteiger partial charge in [-0.15, -0.1) is 13.2 Å². The summed E-state index contributed by atoms with van der Waals surface area (Å²) in [7, 11) is 0. The molecule has 1 aliphatic carbocycles. The van der Waals surface area contributed by atoms with Gasteiger partial charge >= 0.3 is 18.4 Å². The Balaban J connectivity index is 1.59. The molecule has 1 saturated heterocycles. The van der Waals surface area contributed by atoms with Crippen molar-refractivity contribution >= 4 is 17.6 Å². The number of benzene rings is 2. The number of hydrogen-bond acceptors (Lipinski definition) is 6. The number of amides is 1. The third-order valence-electron chi connectivity index (χ3n) is 6.67. The van der Waals surface area contributed by atoms with Crippen molar-refractivity contribution in [3.63, 3.8) is 0 Å². The van der Waals surface area contributed by atoms with E-state index >= 15 is 0 Å². The molecule has 1 amide bonds. The van der Waals surface area contributed by atoms with Crippen molar-refractivity contribution in [2.24, 2.45) is 0 Å². The Morgan fingerprint density at radius 1 is 1.08 bits per heavy atom. The normalized spacial score (nSPS) is 23.3. The van der Waals surface area contributed by atoms with Gasteiger partial charge in [-0.1, -0.05) is 30.3 Å². The van der Waals surface area contributed by atoms with Gasteiger partial charge in [0.2, 0.25) is 0 Å². The Bertz CT molecular complexity index is 1280. The van der Waals surface area contributed by atoms with E-state index in [-0.39, 0.29) is 23.0 Å². The first-order valence-electron chi connectivity index (χ1n) is 12.9. The van der Waals surface area contributed by atoms with E-state index in [1.165, 1.54) is 6.07 Å². The van der Waals surface area contributed by atoms with E-state index < -0.39 is 41.4 Å². The van der Waals surface area contributed by atoms with Gasteiger partial charge in [-0.2, -0.15) is 0 Å². The second kappa shape index (κ2) is 9.81. The van der Waals surface area contributed by atoms with Crippen LogP contribution in [0.2, 0.25) is 0 Å². The Hall–Kier alpha value is -3.69. The first kappa shape index (κ1) is 26.9. The average molecular weight is 546 g/mol. The standard InChI is InChI=1S/C29H30F3NO6/c1-27(2,3)39-26(35)33-15-7-14-28(24(33)18-8-5-4-6-9-18)17-22(25(34)38-28)21-16-20(37-29(30,31)32)12-13-23(21)36-19-10-11-19/h4-6,8-9,12-13,16-17,19,24H,7,10-11,14-15H2,1-3H3/t24-,28+/m0/s1. The molecule has 10 heteroatoms. The first-order chi connectivity index (χ1) is 18.3. The van der Waals surface area contributed by atoms with Crippen molar-refractivity contribution < 1.29 is 41.7 Å². The molecule has 2 atom stereocenters. The maximum absolute atomic E-state index is 13.4. The number of halogens is 3. The molecule has 2 aromatic carbocycles. The lowest BCUT2D eigenvalue weighted by atomic mass is 9.80. The molecule has 0 aromatic heterocycles. The van der Waals surface area contributed by atoms with Crippen molar-refractivity contribution in [2.45, 2.75) is 76.2 Å². The first-order valence-corrected chi connectivity index (χ1v) is 12.9.